The molecule has 0 aliphatic rings. The molecule has 0 aliphatic carbocycles. The van der Waals surface area contributed by atoms with Crippen molar-refractivity contribution in [1.29, 1.82) is 0 Å². The van der Waals surface area contributed by atoms with Crippen molar-refractivity contribution in [1.82, 2.24) is 0 Å². The highest BCUT2D eigenvalue weighted by Gasteiger charge is 2.05. The van der Waals surface area contributed by atoms with Crippen molar-refractivity contribution in [2.24, 2.45) is 0 Å². The number of anilines is 2. The molecule has 5 nitrogen and oxygen atoms in total. The van der Waals surface area contributed by atoms with Crippen molar-refractivity contribution >= 4 is 28.9 Å². The monoisotopic (exact) mass is 410 g/mol. The number of benzene rings is 3. The summed E-state index contributed by atoms with van der Waals surface area (Å²) in [5.41, 5.74) is 3.88. The van der Waals surface area contributed by atoms with Crippen LogP contribution in [0.1, 0.15) is 11.1 Å². The standard InChI is InChI=1S/C23H23ClN2O3/c1-16-3-7-18(8-4-16)26-23(27)15-29-20-10-5-17(6-11-20)14-25-19-9-12-22(28-2)21(24)13-19/h3-13,25H,14-15H2,1-2H3,(H,26,27). The first-order chi connectivity index (χ1) is 14.0. The summed E-state index contributed by atoms with van der Waals surface area (Å²) in [5, 5.41) is 6.68. The maximum absolute atomic E-state index is 12.0. The van der Waals surface area contributed by atoms with Crippen LogP contribution in [0, 0.1) is 6.92 Å². The SMILES string of the molecule is COc1ccc(NCc2ccc(OCC(=O)Nc3ccc(C)cc3)cc2)cc1Cl. The predicted molar refractivity (Wildman–Crippen MR) is 117 cm³/mol. The molecule has 0 unspecified atom stereocenters. The number of amides is 1. The third-order valence-corrected chi connectivity index (χ3v) is 4.57. The van der Waals surface area contributed by atoms with E-state index in [0.29, 0.717) is 23.1 Å². The summed E-state index contributed by atoms with van der Waals surface area (Å²) in [7, 11) is 1.59. The second-order valence-electron chi connectivity index (χ2n) is 6.55. The first-order valence-electron chi connectivity index (χ1n) is 9.19. The number of nitrogens with one attached hydrogen (secondary N) is 2. The summed E-state index contributed by atoms with van der Waals surface area (Å²) in [5.74, 6) is 1.08. The number of ether oxygens (including phenoxy) is 2. The quantitative estimate of drug-likeness (QED) is 0.530. The molecule has 150 valence electrons. The van der Waals surface area contributed by atoms with Crippen molar-refractivity contribution in [2.45, 2.75) is 13.5 Å². The minimum atomic E-state index is -0.198. The Kier molecular flexibility index (Phi) is 6.98. The van der Waals surface area contributed by atoms with Gasteiger partial charge in [0.2, 0.25) is 0 Å². The number of halogens is 1. The summed E-state index contributed by atoms with van der Waals surface area (Å²) >= 11 is 6.14. The first kappa shape index (κ1) is 20.6. The lowest BCUT2D eigenvalue weighted by Crippen LogP contribution is -2.20. The van der Waals surface area contributed by atoms with Crippen LogP contribution in [0.25, 0.3) is 0 Å². The Bertz CT molecular complexity index is 957. The molecular formula is C23H23ClN2O3. The van der Waals surface area contributed by atoms with Crippen molar-refractivity contribution in [3.05, 3.63) is 82.9 Å². The van der Waals surface area contributed by atoms with Gasteiger partial charge in [0.25, 0.3) is 5.91 Å². The molecule has 0 radical (unpaired) electrons. The van der Waals surface area contributed by atoms with Gasteiger partial charge in [-0.05, 0) is 55.0 Å². The third-order valence-electron chi connectivity index (χ3n) is 4.28. The zero-order valence-electron chi connectivity index (χ0n) is 16.4. The molecule has 0 saturated heterocycles. The van der Waals surface area contributed by atoms with Crippen LogP contribution in [0.4, 0.5) is 11.4 Å². The fourth-order valence-electron chi connectivity index (χ4n) is 2.67. The average molecular weight is 411 g/mol. The van der Waals surface area contributed by atoms with Gasteiger partial charge < -0.3 is 20.1 Å². The van der Waals surface area contributed by atoms with Gasteiger partial charge in [0.1, 0.15) is 11.5 Å². The van der Waals surface area contributed by atoms with E-state index in [-0.39, 0.29) is 12.5 Å². The van der Waals surface area contributed by atoms with E-state index >= 15 is 0 Å². The largest absolute Gasteiger partial charge is 0.495 e. The number of rotatable bonds is 8. The molecule has 0 spiro atoms. The van der Waals surface area contributed by atoms with Crippen LogP contribution in [-0.2, 0) is 11.3 Å². The van der Waals surface area contributed by atoms with E-state index in [9.17, 15) is 4.79 Å². The Hall–Kier alpha value is -3.18. The maximum atomic E-state index is 12.0. The van der Waals surface area contributed by atoms with Crippen LogP contribution < -0.4 is 20.1 Å². The molecule has 0 fully saturated rings. The molecule has 0 aromatic heterocycles. The molecule has 3 rings (SSSR count). The highest BCUT2D eigenvalue weighted by molar-refractivity contribution is 6.32. The Morgan fingerprint density at radius 1 is 0.966 bits per heavy atom. The molecule has 0 atom stereocenters. The number of carbonyl (C=O) groups is 1. The van der Waals surface area contributed by atoms with Crippen molar-refractivity contribution in [3.63, 3.8) is 0 Å². The van der Waals surface area contributed by atoms with E-state index in [1.165, 1.54) is 0 Å². The van der Waals surface area contributed by atoms with E-state index < -0.39 is 0 Å². The van der Waals surface area contributed by atoms with Crippen LogP contribution in [0.5, 0.6) is 11.5 Å². The summed E-state index contributed by atoms with van der Waals surface area (Å²) < 4.78 is 10.7. The normalized spacial score (nSPS) is 10.3. The van der Waals surface area contributed by atoms with Gasteiger partial charge in [-0.1, -0.05) is 41.4 Å². The lowest BCUT2D eigenvalue weighted by Gasteiger charge is -2.10. The zero-order valence-corrected chi connectivity index (χ0v) is 17.1. The van der Waals surface area contributed by atoms with E-state index in [2.05, 4.69) is 10.6 Å². The predicted octanol–water partition coefficient (Wildman–Crippen LogP) is 5.29. The second kappa shape index (κ2) is 9.85. The summed E-state index contributed by atoms with van der Waals surface area (Å²) in [6.07, 6.45) is 0. The third kappa shape index (κ3) is 6.16. The number of methoxy groups -OCH3 is 1. The van der Waals surface area contributed by atoms with Gasteiger partial charge in [0.05, 0.1) is 12.1 Å². The number of aryl methyl sites for hydroxylation is 1. The van der Waals surface area contributed by atoms with Gasteiger partial charge in [-0.15, -0.1) is 0 Å². The molecule has 0 heterocycles. The van der Waals surface area contributed by atoms with Gasteiger partial charge in [-0.25, -0.2) is 0 Å². The van der Waals surface area contributed by atoms with E-state index in [0.717, 1.165) is 22.5 Å². The van der Waals surface area contributed by atoms with Crippen LogP contribution in [0.2, 0.25) is 5.02 Å². The number of hydrogen-bond donors (Lipinski definition) is 2. The first-order valence-corrected chi connectivity index (χ1v) is 9.57. The van der Waals surface area contributed by atoms with Crippen LogP contribution in [0.3, 0.4) is 0 Å². The molecule has 0 bridgehead atoms. The Labute approximate surface area is 175 Å². The van der Waals surface area contributed by atoms with Crippen molar-refractivity contribution in [3.8, 4) is 11.5 Å². The molecule has 3 aromatic carbocycles. The minimum Gasteiger partial charge on any atom is -0.495 e. The maximum Gasteiger partial charge on any atom is 0.262 e. The molecule has 0 saturated carbocycles. The second-order valence-corrected chi connectivity index (χ2v) is 6.96. The van der Waals surface area contributed by atoms with Crippen molar-refractivity contribution < 1.29 is 14.3 Å². The van der Waals surface area contributed by atoms with Crippen LogP contribution >= 0.6 is 11.6 Å². The van der Waals surface area contributed by atoms with E-state index in [4.69, 9.17) is 21.1 Å². The van der Waals surface area contributed by atoms with Gasteiger partial charge >= 0.3 is 0 Å². The summed E-state index contributed by atoms with van der Waals surface area (Å²) in [6, 6.07) is 20.8. The van der Waals surface area contributed by atoms with Gasteiger partial charge in [0.15, 0.2) is 6.61 Å². The molecule has 3 aromatic rings. The lowest BCUT2D eigenvalue weighted by atomic mass is 10.2. The fraction of sp³-hybridized carbons (Fsp3) is 0.174. The molecule has 1 amide bonds. The van der Waals surface area contributed by atoms with Crippen LogP contribution in [-0.4, -0.2) is 19.6 Å². The van der Waals surface area contributed by atoms with Crippen molar-refractivity contribution in [2.75, 3.05) is 24.4 Å². The van der Waals surface area contributed by atoms with Crippen LogP contribution in [0.15, 0.2) is 66.7 Å². The molecular weight excluding hydrogens is 388 g/mol. The summed E-state index contributed by atoms with van der Waals surface area (Å²) in [6.45, 7) is 2.59. The van der Waals surface area contributed by atoms with E-state index in [1.807, 2.05) is 73.7 Å². The lowest BCUT2D eigenvalue weighted by molar-refractivity contribution is -0.118. The molecule has 29 heavy (non-hydrogen) atoms. The highest BCUT2D eigenvalue weighted by atomic mass is 35.5. The molecule has 6 heteroatoms. The average Bonchev–Trinajstić information content (AvgIpc) is 2.73. The van der Waals surface area contributed by atoms with Gasteiger partial charge in [-0.3, -0.25) is 4.79 Å². The smallest absolute Gasteiger partial charge is 0.262 e. The Morgan fingerprint density at radius 3 is 2.31 bits per heavy atom. The molecule has 0 aliphatic heterocycles. The van der Waals surface area contributed by atoms with Gasteiger partial charge in [-0.2, -0.15) is 0 Å². The topological polar surface area (TPSA) is 59.6 Å². The highest BCUT2D eigenvalue weighted by Crippen LogP contribution is 2.27. The number of carbonyl (C=O) groups excluding carboxylic acids is 1. The fourth-order valence-corrected chi connectivity index (χ4v) is 2.92. The van der Waals surface area contributed by atoms with E-state index in [1.54, 1.807) is 7.11 Å². The van der Waals surface area contributed by atoms with Gasteiger partial charge in [0, 0.05) is 17.9 Å². The number of hydrogen-bond acceptors (Lipinski definition) is 4. The zero-order chi connectivity index (χ0) is 20.6. The molecule has 2 N–H and O–H groups in total. The summed E-state index contributed by atoms with van der Waals surface area (Å²) in [4.78, 5) is 12.0. The Morgan fingerprint density at radius 2 is 1.66 bits per heavy atom. The Balaban J connectivity index is 1.46. The minimum absolute atomic E-state index is 0.0458.